The minimum Gasteiger partial charge on any atom is -0.495 e. The van der Waals surface area contributed by atoms with E-state index in [1.54, 1.807) is 24.3 Å². The van der Waals surface area contributed by atoms with Crippen LogP contribution in [0.4, 0.5) is 5.69 Å². The van der Waals surface area contributed by atoms with Crippen molar-refractivity contribution in [3.63, 3.8) is 0 Å². The van der Waals surface area contributed by atoms with Gasteiger partial charge in [0, 0.05) is 23.9 Å². The maximum absolute atomic E-state index is 10.9. The van der Waals surface area contributed by atoms with Gasteiger partial charge in [0.25, 0.3) is 0 Å². The monoisotopic (exact) mass is 281 g/mol. The molecular formula is C13H12ClNO4. The molecule has 2 aromatic rings. The zero-order chi connectivity index (χ0) is 13.8. The van der Waals surface area contributed by atoms with Crippen molar-refractivity contribution in [2.75, 3.05) is 12.4 Å². The second-order valence-electron chi connectivity index (χ2n) is 3.78. The van der Waals surface area contributed by atoms with Crippen molar-refractivity contribution in [1.82, 2.24) is 0 Å². The summed E-state index contributed by atoms with van der Waals surface area (Å²) in [6, 6.07) is 6.84. The molecular weight excluding hydrogens is 270 g/mol. The van der Waals surface area contributed by atoms with Crippen molar-refractivity contribution in [2.24, 2.45) is 0 Å². The summed E-state index contributed by atoms with van der Waals surface area (Å²) in [5, 5.41) is 12.5. The molecule has 0 fully saturated rings. The number of carboxylic acids is 1. The molecule has 100 valence electrons. The maximum Gasteiger partial charge on any atom is 0.372 e. The lowest BCUT2D eigenvalue weighted by Gasteiger charge is -2.08. The van der Waals surface area contributed by atoms with Crippen molar-refractivity contribution < 1.29 is 19.1 Å². The number of nitrogens with one attached hydrogen (secondary N) is 1. The number of anilines is 1. The average molecular weight is 282 g/mol. The third kappa shape index (κ3) is 3.00. The van der Waals surface area contributed by atoms with Crippen LogP contribution in [0.25, 0.3) is 0 Å². The normalized spacial score (nSPS) is 10.2. The number of halogens is 1. The van der Waals surface area contributed by atoms with Gasteiger partial charge < -0.3 is 19.6 Å². The summed E-state index contributed by atoms with van der Waals surface area (Å²) in [5.41, 5.74) is 1.35. The van der Waals surface area contributed by atoms with Crippen LogP contribution in [0.5, 0.6) is 5.75 Å². The van der Waals surface area contributed by atoms with E-state index in [1.165, 1.54) is 13.4 Å². The first kappa shape index (κ1) is 13.3. The molecule has 0 aliphatic rings. The molecule has 1 aromatic heterocycles. The van der Waals surface area contributed by atoms with E-state index in [1.807, 2.05) is 0 Å². The van der Waals surface area contributed by atoms with Crippen molar-refractivity contribution in [1.29, 1.82) is 0 Å². The topological polar surface area (TPSA) is 71.7 Å². The van der Waals surface area contributed by atoms with E-state index in [9.17, 15) is 4.79 Å². The van der Waals surface area contributed by atoms with Gasteiger partial charge in [0.1, 0.15) is 5.75 Å². The van der Waals surface area contributed by atoms with Gasteiger partial charge in [-0.1, -0.05) is 11.6 Å². The molecule has 0 amide bonds. The molecule has 0 saturated carbocycles. The van der Waals surface area contributed by atoms with E-state index in [0.29, 0.717) is 22.9 Å². The average Bonchev–Trinajstić information content (AvgIpc) is 2.86. The fraction of sp³-hybridized carbons (Fsp3) is 0.154. The summed E-state index contributed by atoms with van der Waals surface area (Å²) in [7, 11) is 1.53. The highest BCUT2D eigenvalue weighted by Crippen LogP contribution is 2.27. The Morgan fingerprint density at radius 1 is 1.47 bits per heavy atom. The largest absolute Gasteiger partial charge is 0.495 e. The molecule has 0 saturated heterocycles. The highest BCUT2D eigenvalue weighted by molar-refractivity contribution is 6.32. The molecule has 0 aliphatic heterocycles. The summed E-state index contributed by atoms with van der Waals surface area (Å²) in [6.07, 6.45) is 1.35. The first-order chi connectivity index (χ1) is 9.11. The highest BCUT2D eigenvalue weighted by atomic mass is 35.5. The number of furan rings is 1. The molecule has 0 atom stereocenters. The summed E-state index contributed by atoms with van der Waals surface area (Å²) in [6.45, 7) is 0.336. The number of ether oxygens (including phenoxy) is 1. The maximum atomic E-state index is 10.9. The summed E-state index contributed by atoms with van der Waals surface area (Å²) >= 11 is 5.92. The van der Waals surface area contributed by atoms with E-state index < -0.39 is 5.97 Å². The number of carbonyl (C=O) groups is 1. The van der Waals surface area contributed by atoms with Crippen LogP contribution in [-0.4, -0.2) is 18.2 Å². The van der Waals surface area contributed by atoms with Gasteiger partial charge in [0.05, 0.1) is 18.4 Å². The SMILES string of the molecule is COc1cc(NCc2ccoc2C(=O)O)ccc1Cl. The first-order valence-electron chi connectivity index (χ1n) is 5.49. The van der Waals surface area contributed by atoms with Crippen molar-refractivity contribution in [3.05, 3.63) is 46.9 Å². The molecule has 2 rings (SSSR count). The van der Waals surface area contributed by atoms with E-state index in [2.05, 4.69) is 5.32 Å². The van der Waals surface area contributed by atoms with Gasteiger partial charge in [-0.2, -0.15) is 0 Å². The van der Waals surface area contributed by atoms with Gasteiger partial charge in [-0.3, -0.25) is 0 Å². The fourth-order valence-electron chi connectivity index (χ4n) is 1.63. The van der Waals surface area contributed by atoms with Gasteiger partial charge in [0.2, 0.25) is 5.76 Å². The molecule has 2 N–H and O–H groups in total. The quantitative estimate of drug-likeness (QED) is 0.880. The van der Waals surface area contributed by atoms with E-state index >= 15 is 0 Å². The lowest BCUT2D eigenvalue weighted by Crippen LogP contribution is -2.04. The van der Waals surface area contributed by atoms with E-state index in [4.69, 9.17) is 25.9 Å². The lowest BCUT2D eigenvalue weighted by atomic mass is 10.2. The third-order valence-corrected chi connectivity index (χ3v) is 2.89. The molecule has 0 unspecified atom stereocenters. The molecule has 0 radical (unpaired) electrons. The zero-order valence-electron chi connectivity index (χ0n) is 10.1. The number of hydrogen-bond acceptors (Lipinski definition) is 4. The van der Waals surface area contributed by atoms with Crippen LogP contribution in [0.15, 0.2) is 34.9 Å². The second-order valence-corrected chi connectivity index (χ2v) is 4.19. The van der Waals surface area contributed by atoms with Gasteiger partial charge in [-0.15, -0.1) is 0 Å². The van der Waals surface area contributed by atoms with Crippen LogP contribution in [0.1, 0.15) is 16.1 Å². The number of benzene rings is 1. The second kappa shape index (κ2) is 5.67. The fourth-order valence-corrected chi connectivity index (χ4v) is 1.82. The van der Waals surface area contributed by atoms with Crippen LogP contribution in [0.2, 0.25) is 5.02 Å². The smallest absolute Gasteiger partial charge is 0.372 e. The van der Waals surface area contributed by atoms with Gasteiger partial charge in [-0.25, -0.2) is 4.79 Å². The molecule has 1 aromatic carbocycles. The van der Waals surface area contributed by atoms with Crippen LogP contribution >= 0.6 is 11.6 Å². The molecule has 19 heavy (non-hydrogen) atoms. The zero-order valence-corrected chi connectivity index (χ0v) is 10.9. The van der Waals surface area contributed by atoms with Crippen molar-refractivity contribution in [2.45, 2.75) is 6.54 Å². The Bertz CT molecular complexity index is 594. The lowest BCUT2D eigenvalue weighted by molar-refractivity contribution is 0.0661. The number of hydrogen-bond donors (Lipinski definition) is 2. The Morgan fingerprint density at radius 2 is 2.26 bits per heavy atom. The Hall–Kier alpha value is -2.14. The van der Waals surface area contributed by atoms with Crippen LogP contribution in [0.3, 0.4) is 0 Å². The number of rotatable bonds is 5. The number of methoxy groups -OCH3 is 1. The molecule has 0 aliphatic carbocycles. The summed E-state index contributed by atoms with van der Waals surface area (Å²) in [5.74, 6) is -0.596. The van der Waals surface area contributed by atoms with Crippen molar-refractivity contribution >= 4 is 23.3 Å². The Morgan fingerprint density at radius 3 is 2.95 bits per heavy atom. The predicted octanol–water partition coefficient (Wildman–Crippen LogP) is 3.25. The number of aromatic carboxylic acids is 1. The van der Waals surface area contributed by atoms with Crippen LogP contribution in [0, 0.1) is 0 Å². The van der Waals surface area contributed by atoms with Gasteiger partial charge in [0.15, 0.2) is 0 Å². The minimum absolute atomic E-state index is 0.0616. The Balaban J connectivity index is 2.10. The molecule has 1 heterocycles. The number of carboxylic acid groups (broad SMARTS) is 1. The molecule has 0 bridgehead atoms. The molecule has 0 spiro atoms. The summed E-state index contributed by atoms with van der Waals surface area (Å²) < 4.78 is 9.99. The Kier molecular flexibility index (Phi) is 3.97. The standard InChI is InChI=1S/C13H12ClNO4/c1-18-11-6-9(2-3-10(11)14)15-7-8-4-5-19-12(8)13(16)17/h2-6,15H,7H2,1H3,(H,16,17). The highest BCUT2D eigenvalue weighted by Gasteiger charge is 2.13. The minimum atomic E-state index is -1.09. The van der Waals surface area contributed by atoms with Crippen molar-refractivity contribution in [3.8, 4) is 5.75 Å². The van der Waals surface area contributed by atoms with Crippen LogP contribution in [-0.2, 0) is 6.54 Å². The molecule has 6 heteroatoms. The Labute approximate surface area is 114 Å². The summed E-state index contributed by atoms with van der Waals surface area (Å²) in [4.78, 5) is 10.9. The third-order valence-electron chi connectivity index (χ3n) is 2.58. The van der Waals surface area contributed by atoms with E-state index in [-0.39, 0.29) is 5.76 Å². The predicted molar refractivity (Wildman–Crippen MR) is 71.0 cm³/mol. The molecule has 5 nitrogen and oxygen atoms in total. The van der Waals surface area contributed by atoms with Gasteiger partial charge >= 0.3 is 5.97 Å². The van der Waals surface area contributed by atoms with E-state index in [0.717, 1.165) is 5.69 Å². The first-order valence-corrected chi connectivity index (χ1v) is 5.86. The van der Waals surface area contributed by atoms with Crippen LogP contribution < -0.4 is 10.1 Å². The van der Waals surface area contributed by atoms with Gasteiger partial charge in [-0.05, 0) is 18.2 Å².